The van der Waals surface area contributed by atoms with E-state index < -0.39 is 17.8 Å². The first-order valence-electron chi connectivity index (χ1n) is 9.10. The summed E-state index contributed by atoms with van der Waals surface area (Å²) in [6.45, 7) is 0. The molecule has 9 heteroatoms. The Kier molecular flexibility index (Phi) is 5.03. The van der Waals surface area contributed by atoms with Gasteiger partial charge in [0, 0.05) is 24.9 Å². The molecule has 0 spiro atoms. The Morgan fingerprint density at radius 2 is 1.83 bits per heavy atom. The summed E-state index contributed by atoms with van der Waals surface area (Å²) in [5.41, 5.74) is 0.0489. The molecule has 1 aromatic heterocycles. The summed E-state index contributed by atoms with van der Waals surface area (Å²) in [6, 6.07) is 12.8. The number of ether oxygens (including phenoxy) is 1. The zero-order valence-electron chi connectivity index (χ0n) is 15.9. The largest absolute Gasteiger partial charge is 0.497 e. The van der Waals surface area contributed by atoms with Crippen molar-refractivity contribution in [2.45, 2.75) is 18.6 Å². The zero-order chi connectivity index (χ0) is 21.3. The Labute approximate surface area is 169 Å². The molecule has 4 rings (SSSR count). The molecule has 0 bridgehead atoms. The van der Waals surface area contributed by atoms with Gasteiger partial charge in [-0.3, -0.25) is 9.80 Å². The number of halogens is 3. The van der Waals surface area contributed by atoms with Crippen LogP contribution in [0.5, 0.6) is 5.75 Å². The van der Waals surface area contributed by atoms with Crippen molar-refractivity contribution in [3.05, 3.63) is 82.3 Å². The second kappa shape index (κ2) is 7.66. The molecule has 154 valence electrons. The number of hydrogen-bond acceptors (Lipinski definition) is 5. The second-order valence-corrected chi connectivity index (χ2v) is 6.65. The molecule has 1 aliphatic heterocycles. The molecule has 0 aliphatic carbocycles. The number of aromatic nitrogens is 2. The number of hydrogen-bond donors (Lipinski definition) is 0. The van der Waals surface area contributed by atoms with Gasteiger partial charge in [0.05, 0.1) is 24.0 Å². The predicted octanol–water partition coefficient (Wildman–Crippen LogP) is 4.20. The lowest BCUT2D eigenvalue weighted by atomic mass is 10.1. The first-order valence-corrected chi connectivity index (χ1v) is 9.10. The van der Waals surface area contributed by atoms with Gasteiger partial charge < -0.3 is 4.74 Å². The fourth-order valence-electron chi connectivity index (χ4n) is 3.25. The normalized spacial score (nSPS) is 16.1. The van der Waals surface area contributed by atoms with Crippen LogP contribution >= 0.6 is 0 Å². The maximum Gasteiger partial charge on any atom is 0.416 e. The summed E-state index contributed by atoms with van der Waals surface area (Å²) in [5, 5.41) is 10.4. The highest BCUT2D eigenvalue weighted by atomic mass is 19.4. The van der Waals surface area contributed by atoms with Gasteiger partial charge in [0.25, 0.3) is 0 Å². The van der Waals surface area contributed by atoms with Crippen molar-refractivity contribution in [3.8, 4) is 11.4 Å². The van der Waals surface area contributed by atoms with E-state index in [-0.39, 0.29) is 16.8 Å². The summed E-state index contributed by atoms with van der Waals surface area (Å²) in [5.74, 6) is 0.684. The predicted molar refractivity (Wildman–Crippen MR) is 106 cm³/mol. The summed E-state index contributed by atoms with van der Waals surface area (Å²) in [7, 11) is 1.57. The van der Waals surface area contributed by atoms with E-state index in [1.165, 1.54) is 29.1 Å². The van der Waals surface area contributed by atoms with Gasteiger partial charge in [0.15, 0.2) is 0 Å². The van der Waals surface area contributed by atoms with Crippen molar-refractivity contribution in [2.75, 3.05) is 12.1 Å². The maximum atomic E-state index is 13.1. The van der Waals surface area contributed by atoms with Gasteiger partial charge in [0.2, 0.25) is 5.43 Å². The summed E-state index contributed by atoms with van der Waals surface area (Å²) >= 11 is 0. The molecular weight excluding hydrogens is 397 g/mol. The number of hydrazone groups is 1. The minimum atomic E-state index is -4.47. The van der Waals surface area contributed by atoms with E-state index in [1.807, 2.05) is 12.1 Å². The second-order valence-electron chi connectivity index (χ2n) is 6.65. The molecule has 1 aliphatic rings. The van der Waals surface area contributed by atoms with Crippen LogP contribution in [0.1, 0.15) is 23.7 Å². The monoisotopic (exact) mass is 414 g/mol. The molecule has 0 radical (unpaired) electrons. The first-order chi connectivity index (χ1) is 14.4. The number of benzene rings is 2. The Balaban J connectivity index is 1.70. The third-order valence-electron chi connectivity index (χ3n) is 4.76. The van der Waals surface area contributed by atoms with Crippen molar-refractivity contribution >= 4 is 11.9 Å². The van der Waals surface area contributed by atoms with Gasteiger partial charge in [-0.05, 0) is 42.5 Å². The smallest absolute Gasteiger partial charge is 0.416 e. The van der Waals surface area contributed by atoms with E-state index in [1.54, 1.807) is 30.5 Å². The third-order valence-corrected chi connectivity index (χ3v) is 4.76. The van der Waals surface area contributed by atoms with Crippen molar-refractivity contribution in [3.63, 3.8) is 0 Å². The van der Waals surface area contributed by atoms with Crippen LogP contribution in [0.25, 0.3) is 5.69 Å². The molecule has 3 aromatic rings. The minimum Gasteiger partial charge on any atom is -0.497 e. The summed E-state index contributed by atoms with van der Waals surface area (Å²) < 4.78 is 45.6. The maximum absolute atomic E-state index is 13.1. The number of anilines is 1. The molecule has 1 unspecified atom stereocenters. The molecule has 0 saturated carbocycles. The highest BCUT2D eigenvalue weighted by Crippen LogP contribution is 2.33. The number of nitrogens with zero attached hydrogens (tertiary/aromatic N) is 4. The Morgan fingerprint density at radius 3 is 2.53 bits per heavy atom. The Hall–Kier alpha value is -3.62. The van der Waals surface area contributed by atoms with Crippen molar-refractivity contribution < 1.29 is 17.9 Å². The lowest BCUT2D eigenvalue weighted by molar-refractivity contribution is -0.137. The van der Waals surface area contributed by atoms with Crippen LogP contribution in [0.3, 0.4) is 0 Å². The van der Waals surface area contributed by atoms with E-state index in [9.17, 15) is 18.0 Å². The molecule has 1 atom stereocenters. The topological polar surface area (TPSA) is 59.7 Å². The summed E-state index contributed by atoms with van der Waals surface area (Å²) in [4.78, 5) is 12.5. The highest BCUT2D eigenvalue weighted by molar-refractivity contribution is 5.67. The number of methoxy groups -OCH3 is 1. The Bertz CT molecular complexity index is 1140. The molecule has 6 nitrogen and oxygen atoms in total. The molecule has 2 heterocycles. The van der Waals surface area contributed by atoms with Gasteiger partial charge in [-0.2, -0.15) is 23.4 Å². The van der Waals surface area contributed by atoms with E-state index in [4.69, 9.17) is 4.74 Å². The van der Waals surface area contributed by atoms with Crippen LogP contribution in [0, 0.1) is 0 Å². The molecule has 30 heavy (non-hydrogen) atoms. The zero-order valence-corrected chi connectivity index (χ0v) is 15.9. The van der Waals surface area contributed by atoms with Crippen molar-refractivity contribution in [2.24, 2.45) is 5.10 Å². The molecule has 0 saturated heterocycles. The van der Waals surface area contributed by atoms with Gasteiger partial charge in [-0.15, -0.1) is 0 Å². The lowest BCUT2D eigenvalue weighted by Gasteiger charge is -2.23. The van der Waals surface area contributed by atoms with Crippen LogP contribution in [0.15, 0.2) is 70.7 Å². The molecule has 0 N–H and O–H groups in total. The van der Waals surface area contributed by atoms with Crippen LogP contribution in [0.4, 0.5) is 18.9 Å². The Morgan fingerprint density at radius 1 is 1.07 bits per heavy atom. The molecule has 2 aromatic carbocycles. The van der Waals surface area contributed by atoms with E-state index in [0.717, 1.165) is 17.8 Å². The number of rotatable bonds is 4. The highest BCUT2D eigenvalue weighted by Gasteiger charge is 2.31. The van der Waals surface area contributed by atoms with Gasteiger partial charge in [-0.1, -0.05) is 6.07 Å². The van der Waals surface area contributed by atoms with E-state index in [2.05, 4.69) is 10.2 Å². The fourth-order valence-corrected chi connectivity index (χ4v) is 3.25. The van der Waals surface area contributed by atoms with Crippen LogP contribution in [-0.4, -0.2) is 23.1 Å². The molecule has 0 fully saturated rings. The number of alkyl halides is 3. The SMILES string of the molecule is COc1ccc(N2N=CCC2c2nn(-c3cccc(C(F)(F)F)c3)ccc2=O)cc1. The average molecular weight is 414 g/mol. The van der Waals surface area contributed by atoms with Gasteiger partial charge >= 0.3 is 6.18 Å². The average Bonchev–Trinajstić information content (AvgIpc) is 3.23. The first kappa shape index (κ1) is 19.7. The van der Waals surface area contributed by atoms with Crippen molar-refractivity contribution in [1.82, 2.24) is 9.78 Å². The van der Waals surface area contributed by atoms with Crippen molar-refractivity contribution in [1.29, 1.82) is 0 Å². The lowest BCUT2D eigenvalue weighted by Crippen LogP contribution is -2.27. The van der Waals surface area contributed by atoms with Crippen LogP contribution in [-0.2, 0) is 6.18 Å². The van der Waals surface area contributed by atoms with E-state index >= 15 is 0 Å². The summed E-state index contributed by atoms with van der Waals surface area (Å²) in [6.07, 6.45) is -0.990. The molecule has 0 amide bonds. The minimum absolute atomic E-state index is 0.197. The van der Waals surface area contributed by atoms with Crippen LogP contribution < -0.4 is 15.2 Å². The standard InChI is InChI=1S/C21H17F3N4O2/c1-30-17-7-5-15(6-8-17)28-18(9-11-25-28)20-19(29)10-12-27(26-20)16-4-2-3-14(13-16)21(22,23)24/h2-8,10-13,18H,9H2,1H3. The van der Waals surface area contributed by atoms with Gasteiger partial charge in [-0.25, -0.2) is 4.68 Å². The quantitative estimate of drug-likeness (QED) is 0.642. The molecular formula is C21H17F3N4O2. The van der Waals surface area contributed by atoms with E-state index in [0.29, 0.717) is 12.2 Å². The van der Waals surface area contributed by atoms with Gasteiger partial charge in [0.1, 0.15) is 17.5 Å². The third kappa shape index (κ3) is 3.78. The fraction of sp³-hybridized carbons (Fsp3) is 0.190. The van der Waals surface area contributed by atoms with Crippen LogP contribution in [0.2, 0.25) is 0 Å².